The van der Waals surface area contributed by atoms with Gasteiger partial charge in [-0.1, -0.05) is 59.2 Å². The summed E-state index contributed by atoms with van der Waals surface area (Å²) in [5.41, 5.74) is 4.91. The molecule has 1 radical (unpaired) electrons. The standard InChI is InChI=1S/C23H26N3.Ir/c1-22(2,3)19-15-20(23(4,5)6)26-21(25-19)17-12-10-16(11-13-17)18-9-7-8-14-24-18;/h7-10,12-15H,1-6H3;/q-1;. The van der Waals surface area contributed by atoms with Gasteiger partial charge >= 0.3 is 0 Å². The zero-order valence-electron chi connectivity index (χ0n) is 16.8. The Balaban J connectivity index is 0.00000261. The summed E-state index contributed by atoms with van der Waals surface area (Å²) in [7, 11) is 0. The Kier molecular flexibility index (Phi) is 6.34. The molecule has 0 amide bonds. The fourth-order valence-corrected chi connectivity index (χ4v) is 2.59. The second-order valence-electron chi connectivity index (χ2n) is 8.67. The topological polar surface area (TPSA) is 38.7 Å². The van der Waals surface area contributed by atoms with Crippen LogP contribution in [0.2, 0.25) is 0 Å². The van der Waals surface area contributed by atoms with Gasteiger partial charge in [-0.05, 0) is 17.8 Å². The van der Waals surface area contributed by atoms with Crippen molar-refractivity contribution in [3.05, 3.63) is 66.1 Å². The molecule has 0 saturated carbocycles. The van der Waals surface area contributed by atoms with E-state index in [1.165, 1.54) is 0 Å². The van der Waals surface area contributed by atoms with Crippen LogP contribution < -0.4 is 0 Å². The predicted octanol–water partition coefficient (Wildman–Crippen LogP) is 5.60. The van der Waals surface area contributed by atoms with Crippen molar-refractivity contribution in [3.8, 4) is 22.6 Å². The number of pyridine rings is 1. The summed E-state index contributed by atoms with van der Waals surface area (Å²) < 4.78 is 0. The number of benzene rings is 1. The fourth-order valence-electron chi connectivity index (χ4n) is 2.59. The Morgan fingerprint density at radius 2 is 1.44 bits per heavy atom. The van der Waals surface area contributed by atoms with Gasteiger partial charge in [0.2, 0.25) is 0 Å². The number of nitrogens with zero attached hydrogens (tertiary/aromatic N) is 3. The smallest absolute Gasteiger partial charge is 0.118 e. The van der Waals surface area contributed by atoms with Gasteiger partial charge in [0.25, 0.3) is 0 Å². The summed E-state index contributed by atoms with van der Waals surface area (Å²) >= 11 is 0. The van der Waals surface area contributed by atoms with Gasteiger partial charge in [-0.15, -0.1) is 29.8 Å². The van der Waals surface area contributed by atoms with Crippen LogP contribution in [-0.4, -0.2) is 15.0 Å². The molecule has 0 aliphatic rings. The molecule has 2 aromatic heterocycles. The van der Waals surface area contributed by atoms with Gasteiger partial charge in [0.05, 0.1) is 0 Å². The van der Waals surface area contributed by atoms with E-state index in [0.717, 1.165) is 34.0 Å². The quantitative estimate of drug-likeness (QED) is 0.401. The van der Waals surface area contributed by atoms with Gasteiger partial charge in [0, 0.05) is 48.5 Å². The summed E-state index contributed by atoms with van der Waals surface area (Å²) in [6.45, 7) is 13.1. The van der Waals surface area contributed by atoms with E-state index in [4.69, 9.17) is 9.97 Å². The van der Waals surface area contributed by atoms with Crippen molar-refractivity contribution >= 4 is 0 Å². The summed E-state index contributed by atoms with van der Waals surface area (Å²) in [4.78, 5) is 14.1. The van der Waals surface area contributed by atoms with E-state index < -0.39 is 0 Å². The Morgan fingerprint density at radius 1 is 0.815 bits per heavy atom. The molecule has 0 bridgehead atoms. The van der Waals surface area contributed by atoms with Crippen LogP contribution in [0.4, 0.5) is 0 Å². The number of hydrogen-bond acceptors (Lipinski definition) is 3. The first kappa shape index (κ1) is 21.4. The van der Waals surface area contributed by atoms with Crippen molar-refractivity contribution in [2.45, 2.75) is 52.4 Å². The first-order valence-corrected chi connectivity index (χ1v) is 8.98. The van der Waals surface area contributed by atoms with Crippen molar-refractivity contribution in [1.29, 1.82) is 0 Å². The van der Waals surface area contributed by atoms with Crippen molar-refractivity contribution in [3.63, 3.8) is 0 Å². The fraction of sp³-hybridized carbons (Fsp3) is 0.348. The van der Waals surface area contributed by atoms with Crippen LogP contribution in [0.5, 0.6) is 0 Å². The normalized spacial score (nSPS) is 11.8. The molecule has 0 atom stereocenters. The molecular formula is C23H26IrN3-. The van der Waals surface area contributed by atoms with Crippen LogP contribution in [0.1, 0.15) is 52.9 Å². The zero-order chi connectivity index (χ0) is 18.9. The van der Waals surface area contributed by atoms with Crippen molar-refractivity contribution in [1.82, 2.24) is 15.0 Å². The summed E-state index contributed by atoms with van der Waals surface area (Å²) in [6.07, 6.45) is 1.79. The molecular weight excluding hydrogens is 510 g/mol. The predicted molar refractivity (Wildman–Crippen MR) is 107 cm³/mol. The van der Waals surface area contributed by atoms with Crippen LogP contribution in [-0.2, 0) is 30.9 Å². The third-order valence-corrected chi connectivity index (χ3v) is 4.27. The minimum atomic E-state index is -0.0324. The Labute approximate surface area is 176 Å². The molecule has 0 aliphatic carbocycles. The molecule has 0 fully saturated rings. The summed E-state index contributed by atoms with van der Waals surface area (Å²) in [5, 5.41) is 0. The summed E-state index contributed by atoms with van der Waals surface area (Å²) in [5.74, 6) is 0.756. The number of hydrogen-bond donors (Lipinski definition) is 0. The first-order valence-electron chi connectivity index (χ1n) is 8.98. The second-order valence-corrected chi connectivity index (χ2v) is 8.67. The second kappa shape index (κ2) is 8.00. The minimum absolute atomic E-state index is 0. The van der Waals surface area contributed by atoms with E-state index in [2.05, 4.69) is 64.7 Å². The average molecular weight is 537 g/mol. The molecule has 3 nitrogen and oxygen atoms in total. The number of aromatic nitrogens is 3. The van der Waals surface area contributed by atoms with Gasteiger partial charge in [-0.2, -0.15) is 0 Å². The molecule has 4 heteroatoms. The molecule has 0 N–H and O–H groups in total. The van der Waals surface area contributed by atoms with Gasteiger partial charge < -0.3 is 4.98 Å². The van der Waals surface area contributed by atoms with E-state index in [9.17, 15) is 0 Å². The molecule has 2 heterocycles. The molecule has 0 unspecified atom stereocenters. The van der Waals surface area contributed by atoms with E-state index in [0.29, 0.717) is 0 Å². The summed E-state index contributed by atoms with van der Waals surface area (Å²) in [6, 6.07) is 17.4. The molecule has 27 heavy (non-hydrogen) atoms. The Hall–Kier alpha value is -1.90. The molecule has 0 aliphatic heterocycles. The SMILES string of the molecule is CC(C)(C)c1cc(C(C)(C)C)nc(-c2c[c-]c(-c3ccccn3)cc2)n1.[Ir]. The van der Waals surface area contributed by atoms with Gasteiger partial charge in [-0.25, -0.2) is 9.97 Å². The molecule has 3 aromatic rings. The molecule has 3 rings (SSSR count). The minimum Gasteiger partial charge on any atom is -0.305 e. The largest absolute Gasteiger partial charge is 0.305 e. The van der Waals surface area contributed by atoms with E-state index in [1.807, 2.05) is 30.3 Å². The third-order valence-electron chi connectivity index (χ3n) is 4.27. The van der Waals surface area contributed by atoms with Gasteiger partial charge in [0.1, 0.15) is 5.82 Å². The Bertz CT molecular complexity index is 857. The third kappa shape index (κ3) is 5.09. The zero-order valence-corrected chi connectivity index (χ0v) is 19.2. The van der Waals surface area contributed by atoms with Crippen LogP contribution in [0.3, 0.4) is 0 Å². The van der Waals surface area contributed by atoms with Gasteiger partial charge in [-0.3, -0.25) is 0 Å². The van der Waals surface area contributed by atoms with Crippen LogP contribution in [0.15, 0.2) is 48.7 Å². The number of rotatable bonds is 2. The van der Waals surface area contributed by atoms with E-state index in [1.54, 1.807) is 6.20 Å². The van der Waals surface area contributed by atoms with Crippen molar-refractivity contribution < 1.29 is 20.1 Å². The monoisotopic (exact) mass is 537 g/mol. The molecule has 1 aromatic carbocycles. The Morgan fingerprint density at radius 3 is 1.89 bits per heavy atom. The average Bonchev–Trinajstić information content (AvgIpc) is 2.61. The maximum absolute atomic E-state index is 4.84. The van der Waals surface area contributed by atoms with E-state index >= 15 is 0 Å². The first-order chi connectivity index (χ1) is 12.1. The van der Waals surface area contributed by atoms with Crippen molar-refractivity contribution in [2.75, 3.05) is 0 Å². The molecule has 0 saturated heterocycles. The maximum Gasteiger partial charge on any atom is 0.118 e. The molecule has 143 valence electrons. The van der Waals surface area contributed by atoms with Crippen LogP contribution in [0, 0.1) is 6.07 Å². The van der Waals surface area contributed by atoms with Crippen LogP contribution >= 0.6 is 0 Å². The van der Waals surface area contributed by atoms with Gasteiger partial charge in [0.15, 0.2) is 0 Å². The maximum atomic E-state index is 4.84. The van der Waals surface area contributed by atoms with E-state index in [-0.39, 0.29) is 30.9 Å². The van der Waals surface area contributed by atoms with Crippen LogP contribution in [0.25, 0.3) is 22.6 Å². The van der Waals surface area contributed by atoms with Crippen molar-refractivity contribution in [2.24, 2.45) is 0 Å². The molecule has 0 spiro atoms.